The first-order chi connectivity index (χ1) is 26.9. The van der Waals surface area contributed by atoms with E-state index in [-0.39, 0.29) is 15.5 Å². The maximum absolute atomic E-state index is 12.5. The van der Waals surface area contributed by atoms with Crippen molar-refractivity contribution < 1.29 is 35.9 Å². The number of sulfonamides is 2. The number of aliphatic imine (C=N–C) groups is 1. The van der Waals surface area contributed by atoms with E-state index in [1.807, 2.05) is 0 Å². The molecule has 14 nitrogen and oxygen atoms in total. The van der Waals surface area contributed by atoms with Gasteiger partial charge in [-0.3, -0.25) is 9.44 Å². The first kappa shape index (κ1) is 41.6. The Labute approximate surface area is 325 Å². The Balaban J connectivity index is 0.000000210. The van der Waals surface area contributed by atoms with Crippen LogP contribution in [0.3, 0.4) is 0 Å². The molecule has 0 aliphatic heterocycles. The van der Waals surface area contributed by atoms with E-state index in [1.165, 1.54) is 30.3 Å². The van der Waals surface area contributed by atoms with E-state index in [0.717, 1.165) is 5.75 Å². The van der Waals surface area contributed by atoms with Crippen molar-refractivity contribution in [2.75, 3.05) is 40.0 Å². The first-order valence-corrected chi connectivity index (χ1v) is 19.4. The molecule has 56 heavy (non-hydrogen) atoms. The predicted molar refractivity (Wildman–Crippen MR) is 218 cm³/mol. The van der Waals surface area contributed by atoms with Gasteiger partial charge in [0.2, 0.25) is 6.08 Å². The smallest absolute Gasteiger partial charge is 0.323 e. The molecule has 2 amide bonds. The highest BCUT2D eigenvalue weighted by Gasteiger charge is 2.17. The molecule has 0 saturated heterocycles. The Morgan fingerprint density at radius 1 is 0.554 bits per heavy atom. The van der Waals surface area contributed by atoms with Crippen molar-refractivity contribution in [3.05, 3.63) is 158 Å². The number of nitrogens with two attached hydrogens (primary N) is 1. The van der Waals surface area contributed by atoms with Gasteiger partial charge in [0.15, 0.2) is 0 Å². The first-order valence-electron chi connectivity index (χ1n) is 16.5. The summed E-state index contributed by atoms with van der Waals surface area (Å²) >= 11 is 0. The number of carbonyl (C=O) groups is 1. The molecule has 0 fully saturated rings. The highest BCUT2D eigenvalue weighted by Crippen LogP contribution is 2.25. The van der Waals surface area contributed by atoms with Crippen molar-refractivity contribution >= 4 is 66.3 Å². The zero-order chi connectivity index (χ0) is 40.4. The molecule has 0 spiro atoms. The number of nitrogen functional groups attached to an aromatic ring is 1. The maximum Gasteiger partial charge on any atom is 0.323 e. The van der Waals surface area contributed by atoms with Crippen LogP contribution in [0.4, 0.5) is 38.9 Å². The molecule has 6 aromatic carbocycles. The second kappa shape index (κ2) is 20.4. The van der Waals surface area contributed by atoms with Crippen LogP contribution < -0.4 is 35.3 Å². The summed E-state index contributed by atoms with van der Waals surface area (Å²) in [6, 6.07) is 42.6. The van der Waals surface area contributed by atoms with Gasteiger partial charge >= 0.3 is 6.03 Å². The minimum Gasteiger partial charge on any atom is -0.497 e. The number of carbonyl (C=O) groups excluding carboxylic acids is 2. The fourth-order valence-corrected chi connectivity index (χ4v) is 6.76. The van der Waals surface area contributed by atoms with E-state index in [9.17, 15) is 26.4 Å². The third kappa shape index (κ3) is 12.8. The van der Waals surface area contributed by atoms with Crippen LogP contribution in [0.25, 0.3) is 0 Å². The molecule has 0 unspecified atom stereocenters. The number of anilines is 5. The molecule has 0 bridgehead atoms. The number of nitrogens with zero attached hydrogens (tertiary/aromatic N) is 1. The lowest BCUT2D eigenvalue weighted by Crippen LogP contribution is -2.21. The Kier molecular flexibility index (Phi) is 15.1. The molecule has 0 aromatic heterocycles. The Morgan fingerprint density at radius 3 is 1.46 bits per heavy atom. The molecule has 0 heterocycles. The zero-order valence-electron chi connectivity index (χ0n) is 30.1. The predicted octanol–water partition coefficient (Wildman–Crippen LogP) is 7.87. The van der Waals surface area contributed by atoms with Crippen LogP contribution in [-0.2, 0) is 24.8 Å². The average Bonchev–Trinajstić information content (AvgIpc) is 3.21. The van der Waals surface area contributed by atoms with E-state index in [2.05, 4.69) is 25.1 Å². The Morgan fingerprint density at radius 2 is 0.982 bits per heavy atom. The molecule has 0 atom stereocenters. The molecule has 6 aromatic rings. The largest absolute Gasteiger partial charge is 0.497 e. The number of amides is 2. The van der Waals surface area contributed by atoms with Crippen molar-refractivity contribution in [1.29, 1.82) is 0 Å². The average molecular weight is 795 g/mol. The van der Waals surface area contributed by atoms with Crippen LogP contribution in [0.15, 0.2) is 173 Å². The standard InChI is InChI=1S/C20H19N3O4S.C12H12N2O2S.C8H7NO2/c1-27-16-13-11-15(12-14-16)21-20(24)22-18-9-5-6-10-19(18)23-28(25,26)17-7-3-2-4-8-17;13-11-8-4-5-9-12(11)14-17(15,16)10-6-2-1-3-7-10;1-11-8-4-2-7(3-5-8)9-6-10/h2-14,23H,1H3,(H2,21,22,24);1-9,14H,13H2;2-5H,1H3. The van der Waals surface area contributed by atoms with Crippen molar-refractivity contribution in [1.82, 2.24) is 0 Å². The lowest BCUT2D eigenvalue weighted by molar-refractivity contribution is 0.262. The second-order valence-corrected chi connectivity index (χ2v) is 14.5. The zero-order valence-corrected chi connectivity index (χ0v) is 31.8. The molecular weight excluding hydrogens is 757 g/mol. The quantitative estimate of drug-likeness (QED) is 0.0491. The van der Waals surface area contributed by atoms with Gasteiger partial charge in [-0.2, -0.15) is 4.99 Å². The van der Waals surface area contributed by atoms with Crippen LogP contribution in [0.2, 0.25) is 0 Å². The minimum atomic E-state index is -3.77. The third-order valence-corrected chi connectivity index (χ3v) is 10.1. The number of urea groups is 1. The summed E-state index contributed by atoms with van der Waals surface area (Å²) in [5.74, 6) is 1.42. The number of hydrogen-bond donors (Lipinski definition) is 5. The molecule has 16 heteroatoms. The molecule has 0 saturated carbocycles. The molecular formula is C40H38N6O8S2. The van der Waals surface area contributed by atoms with Gasteiger partial charge in [0.05, 0.1) is 52.4 Å². The van der Waals surface area contributed by atoms with Crippen LogP contribution in [-0.4, -0.2) is 43.2 Å². The summed E-state index contributed by atoms with van der Waals surface area (Å²) < 4.78 is 64.0. The fraction of sp³-hybridized carbons (Fsp3) is 0.0500. The summed E-state index contributed by atoms with van der Waals surface area (Å²) in [4.78, 5) is 25.9. The van der Waals surface area contributed by atoms with E-state index >= 15 is 0 Å². The van der Waals surface area contributed by atoms with Crippen molar-refractivity contribution in [2.24, 2.45) is 4.99 Å². The number of hydrogen-bond acceptors (Lipinski definition) is 10. The molecule has 6 N–H and O–H groups in total. The van der Waals surface area contributed by atoms with E-state index < -0.39 is 26.1 Å². The van der Waals surface area contributed by atoms with E-state index in [0.29, 0.717) is 34.2 Å². The van der Waals surface area contributed by atoms with Crippen molar-refractivity contribution in [3.8, 4) is 11.5 Å². The molecule has 288 valence electrons. The Hall–Kier alpha value is -7.13. The summed E-state index contributed by atoms with van der Waals surface area (Å²) in [5, 5.41) is 5.33. The van der Waals surface area contributed by atoms with Gasteiger partial charge in [0.1, 0.15) is 11.5 Å². The molecule has 0 aliphatic rings. The van der Waals surface area contributed by atoms with Crippen LogP contribution >= 0.6 is 0 Å². The van der Waals surface area contributed by atoms with Crippen LogP contribution in [0.1, 0.15) is 0 Å². The minimum absolute atomic E-state index is 0.132. The lowest BCUT2D eigenvalue weighted by atomic mass is 10.3. The molecule has 6 rings (SSSR count). The van der Waals surface area contributed by atoms with Gasteiger partial charge in [-0.1, -0.05) is 60.7 Å². The van der Waals surface area contributed by atoms with Crippen molar-refractivity contribution in [2.45, 2.75) is 9.79 Å². The highest BCUT2D eigenvalue weighted by molar-refractivity contribution is 7.93. The number of benzene rings is 6. The van der Waals surface area contributed by atoms with Crippen molar-refractivity contribution in [3.63, 3.8) is 0 Å². The highest BCUT2D eigenvalue weighted by atomic mass is 32.2. The number of ether oxygens (including phenoxy) is 2. The topological polar surface area (TPSA) is 207 Å². The van der Waals surface area contributed by atoms with Gasteiger partial charge in [-0.15, -0.1) is 0 Å². The summed E-state index contributed by atoms with van der Waals surface area (Å²) in [6.45, 7) is 0. The summed E-state index contributed by atoms with van der Waals surface area (Å²) in [7, 11) is -4.20. The monoisotopic (exact) mass is 794 g/mol. The number of para-hydroxylation sites is 4. The SMILES string of the molecule is COc1ccc(N=C=O)cc1.COc1ccc(NC(=O)Nc2ccccc2NS(=O)(=O)c2ccccc2)cc1.Nc1ccccc1NS(=O)(=O)c1ccccc1. The second-order valence-electron chi connectivity index (χ2n) is 11.2. The number of isocyanates is 1. The van der Waals surface area contributed by atoms with Gasteiger partial charge in [-0.25, -0.2) is 26.4 Å². The summed E-state index contributed by atoms with van der Waals surface area (Å²) in [6.07, 6.45) is 1.46. The van der Waals surface area contributed by atoms with Gasteiger partial charge < -0.3 is 25.8 Å². The van der Waals surface area contributed by atoms with Gasteiger partial charge in [0, 0.05) is 5.69 Å². The fourth-order valence-electron chi connectivity index (χ4n) is 4.55. The lowest BCUT2D eigenvalue weighted by Gasteiger charge is -2.14. The number of nitrogens with one attached hydrogen (secondary N) is 4. The van der Waals surface area contributed by atoms with E-state index in [4.69, 9.17) is 15.2 Å². The summed E-state index contributed by atoms with van der Waals surface area (Å²) in [5.41, 5.74) is 8.20. The third-order valence-electron chi connectivity index (χ3n) is 7.33. The van der Waals surface area contributed by atoms with Gasteiger partial charge in [-0.05, 0) is 97.1 Å². The number of rotatable bonds is 11. The van der Waals surface area contributed by atoms with Gasteiger partial charge in [0.25, 0.3) is 20.0 Å². The Bertz CT molecular complexity index is 2450. The molecule has 0 aliphatic carbocycles. The normalized spacial score (nSPS) is 10.4. The number of methoxy groups -OCH3 is 2. The maximum atomic E-state index is 12.5. The molecule has 0 radical (unpaired) electrons. The van der Waals surface area contributed by atoms with E-state index in [1.54, 1.807) is 148 Å². The van der Waals surface area contributed by atoms with Crippen LogP contribution in [0, 0.1) is 0 Å². The van der Waals surface area contributed by atoms with Crippen LogP contribution in [0.5, 0.6) is 11.5 Å².